The molecule has 5 heteroatoms. The molecule has 1 aliphatic heterocycles. The summed E-state index contributed by atoms with van der Waals surface area (Å²) in [6.07, 6.45) is 0.573. The van der Waals surface area contributed by atoms with Gasteiger partial charge >= 0.3 is 0 Å². The Balaban J connectivity index is 1.97. The summed E-state index contributed by atoms with van der Waals surface area (Å²) in [6, 6.07) is 5.51. The molecule has 1 heterocycles. The van der Waals surface area contributed by atoms with E-state index >= 15 is 0 Å². The predicted octanol–water partition coefficient (Wildman–Crippen LogP) is 2.33. The Labute approximate surface area is 138 Å². The lowest BCUT2D eigenvalue weighted by molar-refractivity contribution is -0.133. The van der Waals surface area contributed by atoms with Crippen LogP contribution in [0.2, 0.25) is 0 Å². The second kappa shape index (κ2) is 7.49. The molecule has 5 nitrogen and oxygen atoms in total. The molecule has 0 aliphatic carbocycles. The first-order valence-electron chi connectivity index (χ1n) is 8.14. The molecule has 0 unspecified atom stereocenters. The SMILES string of the molecule is COc1cc(C(=O)N2CCN(C(=O)CC(C)C)CC2)ccc1C. The zero-order chi connectivity index (χ0) is 17.0. The third kappa shape index (κ3) is 4.24. The summed E-state index contributed by atoms with van der Waals surface area (Å²) in [4.78, 5) is 28.4. The largest absolute Gasteiger partial charge is 0.496 e. The van der Waals surface area contributed by atoms with Crippen LogP contribution in [0.4, 0.5) is 0 Å². The van der Waals surface area contributed by atoms with Gasteiger partial charge in [0.15, 0.2) is 0 Å². The fourth-order valence-corrected chi connectivity index (χ4v) is 2.77. The standard InChI is InChI=1S/C18H26N2O3/c1-13(2)11-17(21)19-7-9-20(10-8-19)18(22)15-6-5-14(3)16(12-15)23-4/h5-6,12-13H,7-11H2,1-4H3. The van der Waals surface area contributed by atoms with Gasteiger partial charge in [0.25, 0.3) is 5.91 Å². The summed E-state index contributed by atoms with van der Waals surface area (Å²) in [7, 11) is 1.61. The number of carbonyl (C=O) groups is 2. The topological polar surface area (TPSA) is 49.9 Å². The van der Waals surface area contributed by atoms with Crippen LogP contribution in [0.3, 0.4) is 0 Å². The van der Waals surface area contributed by atoms with Crippen molar-refractivity contribution in [2.24, 2.45) is 5.92 Å². The first-order chi connectivity index (χ1) is 10.9. The van der Waals surface area contributed by atoms with Gasteiger partial charge in [-0.2, -0.15) is 0 Å². The van der Waals surface area contributed by atoms with E-state index in [1.807, 2.05) is 42.7 Å². The molecule has 1 saturated heterocycles. The number of aryl methyl sites for hydroxylation is 1. The van der Waals surface area contributed by atoms with Crippen molar-refractivity contribution in [3.63, 3.8) is 0 Å². The summed E-state index contributed by atoms with van der Waals surface area (Å²) in [5.41, 5.74) is 1.64. The maximum Gasteiger partial charge on any atom is 0.254 e. The second-order valence-electron chi connectivity index (χ2n) is 6.46. The highest BCUT2D eigenvalue weighted by atomic mass is 16.5. The van der Waals surface area contributed by atoms with Crippen molar-refractivity contribution in [1.82, 2.24) is 9.80 Å². The first kappa shape index (κ1) is 17.3. The third-order valence-electron chi connectivity index (χ3n) is 4.16. The molecule has 23 heavy (non-hydrogen) atoms. The number of rotatable bonds is 4. The highest BCUT2D eigenvalue weighted by molar-refractivity contribution is 5.95. The molecular weight excluding hydrogens is 292 g/mol. The monoisotopic (exact) mass is 318 g/mol. The minimum absolute atomic E-state index is 0.000687. The van der Waals surface area contributed by atoms with Gasteiger partial charge < -0.3 is 14.5 Å². The zero-order valence-corrected chi connectivity index (χ0v) is 14.5. The number of benzene rings is 1. The van der Waals surface area contributed by atoms with Gasteiger partial charge in [0.2, 0.25) is 5.91 Å². The lowest BCUT2D eigenvalue weighted by Crippen LogP contribution is -2.50. The molecule has 126 valence electrons. The minimum atomic E-state index is -0.000687. The third-order valence-corrected chi connectivity index (χ3v) is 4.16. The summed E-state index contributed by atoms with van der Waals surface area (Å²) < 4.78 is 5.28. The second-order valence-corrected chi connectivity index (χ2v) is 6.46. The van der Waals surface area contributed by atoms with Crippen molar-refractivity contribution in [3.8, 4) is 5.75 Å². The number of hydrogen-bond donors (Lipinski definition) is 0. The Morgan fingerprint density at radius 1 is 1.13 bits per heavy atom. The Morgan fingerprint density at radius 2 is 1.74 bits per heavy atom. The van der Waals surface area contributed by atoms with Crippen molar-refractivity contribution in [2.75, 3.05) is 33.3 Å². The van der Waals surface area contributed by atoms with Gasteiger partial charge in [-0.05, 0) is 30.5 Å². The molecular formula is C18H26N2O3. The summed E-state index contributed by atoms with van der Waals surface area (Å²) in [5, 5.41) is 0. The van der Waals surface area contributed by atoms with Crippen molar-refractivity contribution < 1.29 is 14.3 Å². The van der Waals surface area contributed by atoms with Gasteiger partial charge in [0.1, 0.15) is 5.75 Å². The van der Waals surface area contributed by atoms with E-state index < -0.39 is 0 Å². The fourth-order valence-electron chi connectivity index (χ4n) is 2.77. The molecule has 0 N–H and O–H groups in total. The van der Waals surface area contributed by atoms with E-state index in [0.717, 1.165) is 11.3 Å². The van der Waals surface area contributed by atoms with E-state index in [1.165, 1.54) is 0 Å². The molecule has 1 aromatic carbocycles. The van der Waals surface area contributed by atoms with Crippen molar-refractivity contribution in [2.45, 2.75) is 27.2 Å². The highest BCUT2D eigenvalue weighted by Gasteiger charge is 2.25. The Morgan fingerprint density at radius 3 is 2.30 bits per heavy atom. The van der Waals surface area contributed by atoms with Gasteiger partial charge in [-0.3, -0.25) is 9.59 Å². The van der Waals surface area contributed by atoms with E-state index in [1.54, 1.807) is 13.2 Å². The van der Waals surface area contributed by atoms with Crippen LogP contribution in [0.15, 0.2) is 18.2 Å². The van der Waals surface area contributed by atoms with E-state index in [-0.39, 0.29) is 11.8 Å². The number of nitrogens with zero attached hydrogens (tertiary/aromatic N) is 2. The van der Waals surface area contributed by atoms with Gasteiger partial charge in [-0.15, -0.1) is 0 Å². The maximum absolute atomic E-state index is 12.6. The van der Waals surface area contributed by atoms with Crippen molar-refractivity contribution >= 4 is 11.8 Å². The fraction of sp³-hybridized carbons (Fsp3) is 0.556. The van der Waals surface area contributed by atoms with Crippen molar-refractivity contribution in [3.05, 3.63) is 29.3 Å². The molecule has 2 rings (SSSR count). The molecule has 1 aliphatic rings. The summed E-state index contributed by atoms with van der Waals surface area (Å²) in [6.45, 7) is 8.43. The molecule has 2 amide bonds. The smallest absolute Gasteiger partial charge is 0.254 e. The first-order valence-corrected chi connectivity index (χ1v) is 8.14. The van der Waals surface area contributed by atoms with E-state index in [2.05, 4.69) is 0 Å². The molecule has 0 spiro atoms. The quantitative estimate of drug-likeness (QED) is 0.856. The Kier molecular flexibility index (Phi) is 5.64. The normalized spacial score (nSPS) is 15.0. The van der Waals surface area contributed by atoms with E-state index in [0.29, 0.717) is 44.1 Å². The van der Waals surface area contributed by atoms with Gasteiger partial charge in [0.05, 0.1) is 7.11 Å². The van der Waals surface area contributed by atoms with Crippen LogP contribution in [-0.2, 0) is 4.79 Å². The van der Waals surface area contributed by atoms with Crippen LogP contribution in [0.5, 0.6) is 5.75 Å². The number of carbonyl (C=O) groups excluding carboxylic acids is 2. The van der Waals surface area contributed by atoms with Gasteiger partial charge in [0, 0.05) is 38.2 Å². The van der Waals surface area contributed by atoms with E-state index in [4.69, 9.17) is 4.74 Å². The van der Waals surface area contributed by atoms with E-state index in [9.17, 15) is 9.59 Å². The summed E-state index contributed by atoms with van der Waals surface area (Å²) in [5.74, 6) is 1.27. The molecule has 0 radical (unpaired) electrons. The lowest BCUT2D eigenvalue weighted by atomic mass is 10.1. The van der Waals surface area contributed by atoms with Gasteiger partial charge in [-0.1, -0.05) is 19.9 Å². The number of hydrogen-bond acceptors (Lipinski definition) is 3. The van der Waals surface area contributed by atoms with Crippen LogP contribution in [0.1, 0.15) is 36.2 Å². The number of ether oxygens (including phenoxy) is 1. The average Bonchev–Trinajstić information content (AvgIpc) is 2.54. The Bertz CT molecular complexity index is 576. The zero-order valence-electron chi connectivity index (χ0n) is 14.5. The lowest BCUT2D eigenvalue weighted by Gasteiger charge is -2.35. The molecule has 1 fully saturated rings. The molecule has 0 atom stereocenters. The van der Waals surface area contributed by atoms with Crippen LogP contribution in [0.25, 0.3) is 0 Å². The predicted molar refractivity (Wildman–Crippen MR) is 89.7 cm³/mol. The van der Waals surface area contributed by atoms with Crippen LogP contribution < -0.4 is 4.74 Å². The van der Waals surface area contributed by atoms with Crippen LogP contribution >= 0.6 is 0 Å². The average molecular weight is 318 g/mol. The van der Waals surface area contributed by atoms with Crippen molar-refractivity contribution in [1.29, 1.82) is 0 Å². The molecule has 0 bridgehead atoms. The molecule has 0 aromatic heterocycles. The molecule has 0 saturated carbocycles. The maximum atomic E-state index is 12.6. The van der Waals surface area contributed by atoms with Gasteiger partial charge in [-0.25, -0.2) is 0 Å². The van der Waals surface area contributed by atoms with Crippen LogP contribution in [0, 0.1) is 12.8 Å². The van der Waals surface area contributed by atoms with Crippen LogP contribution in [-0.4, -0.2) is 54.9 Å². The Hall–Kier alpha value is -2.04. The highest BCUT2D eigenvalue weighted by Crippen LogP contribution is 2.20. The number of amides is 2. The number of piperazine rings is 1. The molecule has 1 aromatic rings. The minimum Gasteiger partial charge on any atom is -0.496 e. The number of methoxy groups -OCH3 is 1. The summed E-state index contributed by atoms with van der Waals surface area (Å²) >= 11 is 0.